The first-order valence-corrected chi connectivity index (χ1v) is 21.9. The molecule has 2 heteroatoms. The van der Waals surface area contributed by atoms with Crippen molar-refractivity contribution in [3.8, 4) is 22.3 Å². The van der Waals surface area contributed by atoms with Crippen LogP contribution in [0.4, 0.5) is 34.1 Å². The van der Waals surface area contributed by atoms with Crippen LogP contribution in [0.2, 0.25) is 0 Å². The molecule has 0 radical (unpaired) electrons. The molecular weight excluding hydrogens is 761 g/mol. The summed E-state index contributed by atoms with van der Waals surface area (Å²) in [6.07, 6.45) is 0. The summed E-state index contributed by atoms with van der Waals surface area (Å²) < 4.78 is 0. The number of benzene rings is 11. The van der Waals surface area contributed by atoms with E-state index in [2.05, 4.69) is 254 Å². The second kappa shape index (κ2) is 14.6. The molecule has 0 aromatic heterocycles. The van der Waals surface area contributed by atoms with Crippen LogP contribution in [0, 0.1) is 0 Å². The Morgan fingerprint density at radius 1 is 0.333 bits per heavy atom. The van der Waals surface area contributed by atoms with Crippen molar-refractivity contribution in [3.05, 3.63) is 242 Å². The fourth-order valence-electron chi connectivity index (χ4n) is 10.3. The van der Waals surface area contributed by atoms with Crippen molar-refractivity contribution >= 4 is 77.2 Å². The zero-order chi connectivity index (χ0) is 42.1. The molecule has 0 unspecified atom stereocenters. The second-order valence-electron chi connectivity index (χ2n) is 17.3. The Hall–Kier alpha value is -7.94. The average Bonchev–Trinajstić information content (AvgIpc) is 3.35. The van der Waals surface area contributed by atoms with Gasteiger partial charge in [0.05, 0.1) is 17.1 Å². The van der Waals surface area contributed by atoms with Gasteiger partial charge >= 0.3 is 0 Å². The molecule has 0 aliphatic carbocycles. The summed E-state index contributed by atoms with van der Waals surface area (Å²) in [6.45, 7) is 4.75. The van der Waals surface area contributed by atoms with Gasteiger partial charge in [0.2, 0.25) is 0 Å². The van der Waals surface area contributed by atoms with Crippen molar-refractivity contribution in [3.63, 3.8) is 0 Å². The quantitative estimate of drug-likeness (QED) is 0.155. The Balaban J connectivity index is 1.13. The number of fused-ring (bicyclic) bond motifs is 9. The molecule has 0 bridgehead atoms. The SMILES string of the molecule is CC1(C)c2ccccc2N(c2c(-c3ccccc3)ccc3ccccc23)c2cc(N(c3ccc(-c4ccccc4)cc3)c3ccc4c5ccccc5c5ccccc5c4c3)ccc21. The molecule has 0 N–H and O–H groups in total. The average molecular weight is 805 g/mol. The highest BCUT2D eigenvalue weighted by Gasteiger charge is 2.38. The highest BCUT2D eigenvalue weighted by Crippen LogP contribution is 2.56. The minimum Gasteiger partial charge on any atom is -0.310 e. The summed E-state index contributed by atoms with van der Waals surface area (Å²) in [5.74, 6) is 0. The standard InChI is InChI=1S/C61H44N2/c1-61(2)56-27-15-16-28-58(56)63(60-48-22-10-9-21-44(48)31-36-49(60)43-19-7-4-8-20-43)59-40-47(35-38-57(59)61)62(45-32-29-42(30-33-45)41-17-5-3-6-18-41)46-34-37-54-52-25-12-11-23-50(52)51-24-13-14-26-53(51)55(54)39-46/h3-40H,1-2H3. The number of hydrogen-bond donors (Lipinski definition) is 0. The van der Waals surface area contributed by atoms with Gasteiger partial charge in [-0.05, 0) is 108 Å². The normalized spacial score (nSPS) is 13.0. The maximum Gasteiger partial charge on any atom is 0.0618 e. The van der Waals surface area contributed by atoms with Crippen LogP contribution >= 0.6 is 0 Å². The Labute approximate surface area is 368 Å². The van der Waals surface area contributed by atoms with E-state index in [4.69, 9.17) is 0 Å². The number of hydrogen-bond acceptors (Lipinski definition) is 2. The van der Waals surface area contributed by atoms with Gasteiger partial charge in [0.15, 0.2) is 0 Å². The van der Waals surface area contributed by atoms with E-state index in [1.165, 1.54) is 93.5 Å². The highest BCUT2D eigenvalue weighted by atomic mass is 15.2. The van der Waals surface area contributed by atoms with Gasteiger partial charge < -0.3 is 9.80 Å². The van der Waals surface area contributed by atoms with E-state index in [-0.39, 0.29) is 5.41 Å². The van der Waals surface area contributed by atoms with Crippen LogP contribution in [-0.4, -0.2) is 0 Å². The van der Waals surface area contributed by atoms with Crippen LogP contribution in [0.25, 0.3) is 65.3 Å². The van der Waals surface area contributed by atoms with Gasteiger partial charge in [-0.2, -0.15) is 0 Å². The lowest BCUT2D eigenvalue weighted by Crippen LogP contribution is -2.31. The smallest absolute Gasteiger partial charge is 0.0618 e. The second-order valence-corrected chi connectivity index (χ2v) is 17.3. The molecule has 2 nitrogen and oxygen atoms in total. The first-order valence-electron chi connectivity index (χ1n) is 21.9. The molecule has 298 valence electrons. The van der Waals surface area contributed by atoms with E-state index in [1.807, 2.05) is 0 Å². The summed E-state index contributed by atoms with van der Waals surface area (Å²) >= 11 is 0. The molecule has 63 heavy (non-hydrogen) atoms. The van der Waals surface area contributed by atoms with Crippen molar-refractivity contribution in [2.24, 2.45) is 0 Å². The van der Waals surface area contributed by atoms with Gasteiger partial charge in [0.1, 0.15) is 0 Å². The summed E-state index contributed by atoms with van der Waals surface area (Å²) in [5, 5.41) is 10.00. The number of anilines is 6. The van der Waals surface area contributed by atoms with Gasteiger partial charge in [-0.25, -0.2) is 0 Å². The lowest BCUT2D eigenvalue weighted by molar-refractivity contribution is 0.632. The summed E-state index contributed by atoms with van der Waals surface area (Å²) in [7, 11) is 0. The van der Waals surface area contributed by atoms with Crippen LogP contribution in [-0.2, 0) is 5.41 Å². The number of rotatable bonds is 6. The van der Waals surface area contributed by atoms with Crippen molar-refractivity contribution in [2.75, 3.05) is 9.80 Å². The zero-order valence-corrected chi connectivity index (χ0v) is 35.3. The molecule has 0 amide bonds. The van der Waals surface area contributed by atoms with E-state index in [0.29, 0.717) is 0 Å². The highest BCUT2D eigenvalue weighted by molar-refractivity contribution is 6.26. The van der Waals surface area contributed by atoms with Gasteiger partial charge in [-0.3, -0.25) is 0 Å². The van der Waals surface area contributed by atoms with Crippen LogP contribution in [0.3, 0.4) is 0 Å². The van der Waals surface area contributed by atoms with E-state index in [1.54, 1.807) is 0 Å². The molecule has 0 atom stereocenters. The largest absolute Gasteiger partial charge is 0.310 e. The van der Waals surface area contributed by atoms with Crippen LogP contribution < -0.4 is 9.80 Å². The van der Waals surface area contributed by atoms with Gasteiger partial charge in [-0.15, -0.1) is 0 Å². The minimum atomic E-state index is -0.260. The van der Waals surface area contributed by atoms with E-state index in [9.17, 15) is 0 Å². The molecule has 12 rings (SSSR count). The van der Waals surface area contributed by atoms with E-state index < -0.39 is 0 Å². The van der Waals surface area contributed by atoms with E-state index in [0.717, 1.165) is 17.1 Å². The Morgan fingerprint density at radius 2 is 0.825 bits per heavy atom. The van der Waals surface area contributed by atoms with Crippen LogP contribution in [0.5, 0.6) is 0 Å². The third-order valence-corrected chi connectivity index (χ3v) is 13.4. The molecule has 1 heterocycles. The molecule has 11 aromatic rings. The predicted octanol–water partition coefficient (Wildman–Crippen LogP) is 17.2. The molecule has 1 aliphatic heterocycles. The molecule has 11 aromatic carbocycles. The molecule has 0 saturated carbocycles. The van der Waals surface area contributed by atoms with Gasteiger partial charge in [0.25, 0.3) is 0 Å². The summed E-state index contributed by atoms with van der Waals surface area (Å²) in [5.41, 5.74) is 14.0. The lowest BCUT2D eigenvalue weighted by Gasteiger charge is -2.43. The topological polar surface area (TPSA) is 6.48 Å². The molecule has 0 saturated heterocycles. The monoisotopic (exact) mass is 804 g/mol. The fourth-order valence-corrected chi connectivity index (χ4v) is 10.3. The Bertz CT molecular complexity index is 3500. The maximum atomic E-state index is 2.56. The van der Waals surface area contributed by atoms with Crippen molar-refractivity contribution in [2.45, 2.75) is 19.3 Å². The Kier molecular flexibility index (Phi) is 8.55. The maximum absolute atomic E-state index is 2.56. The van der Waals surface area contributed by atoms with Crippen molar-refractivity contribution in [1.29, 1.82) is 0 Å². The Morgan fingerprint density at radius 3 is 1.52 bits per heavy atom. The lowest BCUT2D eigenvalue weighted by atomic mass is 9.73. The van der Waals surface area contributed by atoms with E-state index >= 15 is 0 Å². The summed E-state index contributed by atoms with van der Waals surface area (Å²) in [4.78, 5) is 5.01. The zero-order valence-electron chi connectivity index (χ0n) is 35.3. The molecule has 1 aliphatic rings. The number of nitrogens with zero attached hydrogens (tertiary/aromatic N) is 2. The summed E-state index contributed by atoms with van der Waals surface area (Å²) in [6, 6.07) is 84.9. The minimum absolute atomic E-state index is 0.260. The third kappa shape index (κ3) is 5.94. The first kappa shape index (κ1) is 36.9. The predicted molar refractivity (Wildman–Crippen MR) is 269 cm³/mol. The van der Waals surface area contributed by atoms with Gasteiger partial charge in [-0.1, -0.05) is 202 Å². The fraction of sp³-hybridized carbons (Fsp3) is 0.0492. The third-order valence-electron chi connectivity index (χ3n) is 13.4. The van der Waals surface area contributed by atoms with Gasteiger partial charge in [0, 0.05) is 33.4 Å². The molecular formula is C61H44N2. The molecule has 0 spiro atoms. The first-order chi connectivity index (χ1) is 31.0. The van der Waals surface area contributed by atoms with Crippen molar-refractivity contribution in [1.82, 2.24) is 0 Å². The van der Waals surface area contributed by atoms with Crippen LogP contribution in [0.15, 0.2) is 231 Å². The van der Waals surface area contributed by atoms with Crippen molar-refractivity contribution < 1.29 is 0 Å². The van der Waals surface area contributed by atoms with Crippen LogP contribution in [0.1, 0.15) is 25.0 Å². The molecule has 0 fully saturated rings. The number of para-hydroxylation sites is 1.